The van der Waals surface area contributed by atoms with Crippen LogP contribution in [0.3, 0.4) is 0 Å². The van der Waals surface area contributed by atoms with E-state index in [1.54, 1.807) is 11.3 Å². The van der Waals surface area contributed by atoms with Crippen molar-refractivity contribution in [3.63, 3.8) is 0 Å². The van der Waals surface area contributed by atoms with E-state index in [1.165, 1.54) is 10.1 Å². The normalized spacial score (nSPS) is 11.7. The van der Waals surface area contributed by atoms with Crippen molar-refractivity contribution in [1.29, 1.82) is 0 Å². The fraction of sp³-hybridized carbons (Fsp3) is 0.0286. The van der Waals surface area contributed by atoms with Gasteiger partial charge in [-0.25, -0.2) is 29.9 Å². The van der Waals surface area contributed by atoms with Crippen LogP contribution in [0.25, 0.3) is 54.5 Å². The average Bonchev–Trinajstić information content (AvgIpc) is 3.43. The number of benzene rings is 4. The van der Waals surface area contributed by atoms with Gasteiger partial charge >= 0.3 is 0 Å². The molecule has 0 bridgehead atoms. The van der Waals surface area contributed by atoms with Gasteiger partial charge in [0.25, 0.3) is 0 Å². The number of aromatic nitrogens is 4. The lowest BCUT2D eigenvalue weighted by atomic mass is 10.1. The van der Waals surface area contributed by atoms with Gasteiger partial charge in [-0.15, -0.1) is 11.3 Å². The number of hydrogen-bond acceptors (Lipinski definition) is 6. The monoisotopic (exact) mass is 560 g/mol. The van der Waals surface area contributed by atoms with E-state index in [1.807, 2.05) is 97.9 Å². The maximum atomic E-state index is 4.91. The van der Waals surface area contributed by atoms with Crippen LogP contribution in [0.5, 0.6) is 0 Å². The lowest BCUT2D eigenvalue weighted by molar-refractivity contribution is 1.07. The SMILES string of the molecule is C=NC(=Nc1cc(-c2nc(-c3ccccc3)nc(-c3ccccc3)n2)ccc1C)c1ccc2c(n1)sc1ccccc12. The second-order valence-electron chi connectivity index (χ2n) is 9.78. The van der Waals surface area contributed by atoms with Crippen molar-refractivity contribution in [2.75, 3.05) is 0 Å². The maximum absolute atomic E-state index is 4.91. The number of hydrogen-bond donors (Lipinski definition) is 0. The highest BCUT2D eigenvalue weighted by molar-refractivity contribution is 7.25. The van der Waals surface area contributed by atoms with Gasteiger partial charge in [0.2, 0.25) is 0 Å². The minimum absolute atomic E-state index is 0.459. The number of pyridine rings is 1. The summed E-state index contributed by atoms with van der Waals surface area (Å²) in [4.78, 5) is 29.6. The van der Waals surface area contributed by atoms with Crippen LogP contribution < -0.4 is 0 Å². The molecule has 7 aromatic rings. The smallest absolute Gasteiger partial charge is 0.178 e. The molecule has 7 heteroatoms. The molecule has 42 heavy (non-hydrogen) atoms. The molecule has 0 aliphatic carbocycles. The van der Waals surface area contributed by atoms with Gasteiger partial charge in [-0.1, -0.05) is 91.0 Å². The van der Waals surface area contributed by atoms with Crippen LogP contribution >= 0.6 is 11.3 Å². The van der Waals surface area contributed by atoms with Crippen LogP contribution in [-0.2, 0) is 0 Å². The van der Waals surface area contributed by atoms with E-state index in [-0.39, 0.29) is 0 Å². The van der Waals surface area contributed by atoms with E-state index in [4.69, 9.17) is 24.9 Å². The molecule has 3 heterocycles. The average molecular weight is 561 g/mol. The lowest BCUT2D eigenvalue weighted by Gasteiger charge is -2.10. The van der Waals surface area contributed by atoms with Gasteiger partial charge < -0.3 is 0 Å². The van der Waals surface area contributed by atoms with Crippen molar-refractivity contribution in [1.82, 2.24) is 19.9 Å². The minimum Gasteiger partial charge on any atom is -0.243 e. The number of amidine groups is 1. The number of aryl methyl sites for hydroxylation is 1. The first-order valence-electron chi connectivity index (χ1n) is 13.5. The molecule has 0 atom stereocenters. The Morgan fingerprint density at radius 2 is 1.24 bits per heavy atom. The Labute approximate surface area is 246 Å². The second kappa shape index (κ2) is 10.9. The Morgan fingerprint density at radius 1 is 0.619 bits per heavy atom. The molecule has 6 nitrogen and oxygen atoms in total. The maximum Gasteiger partial charge on any atom is 0.178 e. The highest BCUT2D eigenvalue weighted by Gasteiger charge is 2.14. The van der Waals surface area contributed by atoms with E-state index in [2.05, 4.69) is 36.0 Å². The standard InChI is InChI=1S/C35H24N6S/c1-22-17-18-25(33-40-31(23-11-5-3-6-12-23)39-32(41-33)24-13-7-4-8-14-24)21-29(22)37-34(36-2)28-20-19-27-26-15-9-10-16-30(26)42-35(27)38-28/h3-21H,2H2,1H3. The number of aliphatic imine (C=N–C) groups is 2. The molecule has 0 unspecified atom stereocenters. The summed E-state index contributed by atoms with van der Waals surface area (Å²) in [5.74, 6) is 2.25. The van der Waals surface area contributed by atoms with Crippen LogP contribution in [0.4, 0.5) is 5.69 Å². The Bertz CT molecular complexity index is 2060. The number of nitrogens with zero attached hydrogens (tertiary/aromatic N) is 6. The van der Waals surface area contributed by atoms with Gasteiger partial charge in [0, 0.05) is 32.2 Å². The molecular weight excluding hydrogens is 536 g/mol. The summed E-state index contributed by atoms with van der Waals surface area (Å²) in [5.41, 5.74) is 5.08. The molecule has 0 spiro atoms. The Kier molecular flexibility index (Phi) is 6.62. The van der Waals surface area contributed by atoms with Crippen LogP contribution in [-0.4, -0.2) is 32.5 Å². The first kappa shape index (κ1) is 25.6. The summed E-state index contributed by atoms with van der Waals surface area (Å²) in [5, 5.41) is 2.33. The fourth-order valence-corrected chi connectivity index (χ4v) is 5.90. The van der Waals surface area contributed by atoms with E-state index >= 15 is 0 Å². The van der Waals surface area contributed by atoms with Crippen molar-refractivity contribution in [3.8, 4) is 34.2 Å². The molecule has 0 radical (unpaired) electrons. The number of thiophene rings is 1. The fourth-order valence-electron chi connectivity index (χ4n) is 4.82. The zero-order valence-electron chi connectivity index (χ0n) is 22.8. The molecule has 7 rings (SSSR count). The largest absolute Gasteiger partial charge is 0.243 e. The third-order valence-electron chi connectivity index (χ3n) is 7.02. The molecule has 0 amide bonds. The third kappa shape index (κ3) is 4.87. The van der Waals surface area contributed by atoms with Gasteiger partial charge in [0.05, 0.1) is 5.69 Å². The van der Waals surface area contributed by atoms with E-state index in [0.717, 1.165) is 38.2 Å². The molecule has 0 N–H and O–H groups in total. The molecule has 0 aliphatic heterocycles. The summed E-state index contributed by atoms with van der Waals surface area (Å²) in [6.45, 7) is 5.82. The molecule has 0 fully saturated rings. The Morgan fingerprint density at radius 3 is 1.90 bits per heavy atom. The Hall–Kier alpha value is -5.40. The second-order valence-corrected chi connectivity index (χ2v) is 10.8. The first-order chi connectivity index (χ1) is 20.7. The van der Waals surface area contributed by atoms with Gasteiger partial charge in [0.1, 0.15) is 10.5 Å². The number of fused-ring (bicyclic) bond motifs is 3. The van der Waals surface area contributed by atoms with Gasteiger partial charge in [-0.2, -0.15) is 0 Å². The van der Waals surface area contributed by atoms with E-state index in [9.17, 15) is 0 Å². The highest BCUT2D eigenvalue weighted by Crippen LogP contribution is 2.33. The van der Waals surface area contributed by atoms with E-state index < -0.39 is 0 Å². The molecule has 3 aromatic heterocycles. The summed E-state index contributed by atoms with van der Waals surface area (Å²) in [7, 11) is 0. The molecule has 0 saturated carbocycles. The quantitative estimate of drug-likeness (QED) is 0.156. The van der Waals surface area contributed by atoms with Crippen molar-refractivity contribution in [2.45, 2.75) is 6.92 Å². The van der Waals surface area contributed by atoms with Crippen LogP contribution in [0.2, 0.25) is 0 Å². The zero-order chi connectivity index (χ0) is 28.5. The summed E-state index contributed by atoms with van der Waals surface area (Å²) in [6.07, 6.45) is 0. The van der Waals surface area contributed by atoms with Crippen molar-refractivity contribution < 1.29 is 0 Å². The number of rotatable bonds is 5. The molecule has 0 aliphatic rings. The summed E-state index contributed by atoms with van der Waals surface area (Å²) in [6, 6.07) is 38.3. The summed E-state index contributed by atoms with van der Waals surface area (Å²) >= 11 is 1.66. The third-order valence-corrected chi connectivity index (χ3v) is 8.10. The topological polar surface area (TPSA) is 76.3 Å². The van der Waals surface area contributed by atoms with Crippen LogP contribution in [0.15, 0.2) is 125 Å². The van der Waals surface area contributed by atoms with Gasteiger partial charge in [-0.3, -0.25) is 0 Å². The molecular formula is C35H24N6S. The molecule has 200 valence electrons. The zero-order valence-corrected chi connectivity index (χ0v) is 23.6. The van der Waals surface area contributed by atoms with Crippen molar-refractivity contribution >= 4 is 49.9 Å². The Balaban J connectivity index is 1.32. The highest BCUT2D eigenvalue weighted by atomic mass is 32.1. The van der Waals surface area contributed by atoms with Crippen molar-refractivity contribution in [3.05, 3.63) is 127 Å². The predicted octanol–water partition coefficient (Wildman–Crippen LogP) is 8.72. The van der Waals surface area contributed by atoms with Crippen LogP contribution in [0.1, 0.15) is 11.3 Å². The summed E-state index contributed by atoms with van der Waals surface area (Å²) < 4.78 is 1.20. The molecule has 4 aromatic carbocycles. The first-order valence-corrected chi connectivity index (χ1v) is 14.3. The minimum atomic E-state index is 0.459. The van der Waals surface area contributed by atoms with Crippen LogP contribution in [0, 0.1) is 6.92 Å². The lowest BCUT2D eigenvalue weighted by Crippen LogP contribution is -2.01. The van der Waals surface area contributed by atoms with E-state index in [0.29, 0.717) is 29.0 Å². The van der Waals surface area contributed by atoms with Gasteiger partial charge in [-0.05, 0) is 43.5 Å². The van der Waals surface area contributed by atoms with Crippen molar-refractivity contribution in [2.24, 2.45) is 9.98 Å². The van der Waals surface area contributed by atoms with Gasteiger partial charge in [0.15, 0.2) is 23.3 Å². The predicted molar refractivity (Wildman–Crippen MR) is 174 cm³/mol. The molecule has 0 saturated heterocycles.